The third kappa shape index (κ3) is 13.0. The van der Waals surface area contributed by atoms with Gasteiger partial charge in [-0.3, -0.25) is 9.59 Å². The molecule has 21 heavy (non-hydrogen) atoms. The van der Waals surface area contributed by atoms with Crippen molar-refractivity contribution in [2.75, 3.05) is 13.1 Å². The highest BCUT2D eigenvalue weighted by Crippen LogP contribution is 2.00. The number of amides is 3. The molecule has 0 aliphatic rings. The molecule has 0 fully saturated rings. The third-order valence-corrected chi connectivity index (χ3v) is 2.75. The molecular weight excluding hydrogens is 274 g/mol. The first-order valence-corrected chi connectivity index (χ1v) is 7.34. The zero-order valence-corrected chi connectivity index (χ0v) is 13.1. The summed E-state index contributed by atoms with van der Waals surface area (Å²) in [4.78, 5) is 33.3. The molecular formula is C14H27N3O4. The van der Waals surface area contributed by atoms with Crippen LogP contribution in [0.15, 0.2) is 0 Å². The maximum atomic E-state index is 11.5. The van der Waals surface area contributed by atoms with Crippen molar-refractivity contribution in [2.45, 2.75) is 52.5 Å². The van der Waals surface area contributed by atoms with Crippen molar-refractivity contribution >= 4 is 17.9 Å². The molecule has 0 aromatic carbocycles. The van der Waals surface area contributed by atoms with Gasteiger partial charge in [-0.2, -0.15) is 0 Å². The summed E-state index contributed by atoms with van der Waals surface area (Å²) in [6.45, 7) is 6.75. The molecule has 0 aliphatic carbocycles. The van der Waals surface area contributed by atoms with Gasteiger partial charge in [0.05, 0.1) is 0 Å². The predicted octanol–water partition coefficient (Wildman–Crippen LogP) is 1.09. The quantitative estimate of drug-likeness (QED) is 0.484. The molecule has 0 aromatic rings. The van der Waals surface area contributed by atoms with Crippen LogP contribution in [0.25, 0.3) is 0 Å². The molecule has 0 aliphatic heterocycles. The van der Waals surface area contributed by atoms with Gasteiger partial charge in [-0.25, -0.2) is 4.79 Å². The Morgan fingerprint density at radius 3 is 2.29 bits per heavy atom. The summed E-state index contributed by atoms with van der Waals surface area (Å²) in [5.74, 6) is -0.519. The van der Waals surface area contributed by atoms with Crippen LogP contribution in [0.4, 0.5) is 4.79 Å². The number of aliphatic carboxylic acids is 1. The first kappa shape index (κ1) is 19.2. The van der Waals surface area contributed by atoms with Gasteiger partial charge in [0.1, 0.15) is 0 Å². The van der Waals surface area contributed by atoms with E-state index in [9.17, 15) is 14.4 Å². The Morgan fingerprint density at radius 2 is 1.71 bits per heavy atom. The molecule has 7 heteroatoms. The van der Waals surface area contributed by atoms with E-state index in [1.165, 1.54) is 0 Å². The maximum absolute atomic E-state index is 11.5. The Kier molecular flexibility index (Phi) is 10.0. The van der Waals surface area contributed by atoms with E-state index in [1.54, 1.807) is 0 Å². The summed E-state index contributed by atoms with van der Waals surface area (Å²) in [5.41, 5.74) is 0. The zero-order chi connectivity index (χ0) is 16.3. The second-order valence-electron chi connectivity index (χ2n) is 5.54. The molecule has 0 heterocycles. The van der Waals surface area contributed by atoms with Gasteiger partial charge in [0.15, 0.2) is 0 Å². The molecule has 0 radical (unpaired) electrons. The van der Waals surface area contributed by atoms with Crippen molar-refractivity contribution in [2.24, 2.45) is 5.92 Å². The Bertz CT molecular complexity index is 345. The Labute approximate surface area is 125 Å². The van der Waals surface area contributed by atoms with Crippen LogP contribution in [0.2, 0.25) is 0 Å². The Hall–Kier alpha value is -1.79. The fourth-order valence-corrected chi connectivity index (χ4v) is 1.60. The van der Waals surface area contributed by atoms with Crippen LogP contribution >= 0.6 is 0 Å². The number of nitrogens with one attached hydrogen (secondary N) is 3. The van der Waals surface area contributed by atoms with Crippen LogP contribution in [0, 0.1) is 5.92 Å². The van der Waals surface area contributed by atoms with Crippen molar-refractivity contribution in [3.8, 4) is 0 Å². The van der Waals surface area contributed by atoms with Gasteiger partial charge in [0.25, 0.3) is 0 Å². The smallest absolute Gasteiger partial charge is 0.315 e. The van der Waals surface area contributed by atoms with Crippen LogP contribution < -0.4 is 16.0 Å². The fraction of sp³-hybridized carbons (Fsp3) is 0.786. The van der Waals surface area contributed by atoms with Crippen molar-refractivity contribution < 1.29 is 19.5 Å². The topological polar surface area (TPSA) is 108 Å². The van der Waals surface area contributed by atoms with Crippen LogP contribution in [-0.4, -0.2) is 42.1 Å². The van der Waals surface area contributed by atoms with Gasteiger partial charge in [0.2, 0.25) is 5.91 Å². The highest BCUT2D eigenvalue weighted by molar-refractivity contribution is 5.78. The molecule has 122 valence electrons. The van der Waals surface area contributed by atoms with E-state index in [0.717, 1.165) is 0 Å². The Balaban J connectivity index is 3.65. The van der Waals surface area contributed by atoms with Gasteiger partial charge in [-0.05, 0) is 25.7 Å². The zero-order valence-electron chi connectivity index (χ0n) is 13.1. The fourth-order valence-electron chi connectivity index (χ4n) is 1.60. The molecule has 4 N–H and O–H groups in total. The number of carbonyl (C=O) groups excluding carboxylic acids is 2. The van der Waals surface area contributed by atoms with Crippen molar-refractivity contribution in [1.82, 2.24) is 16.0 Å². The summed E-state index contributed by atoms with van der Waals surface area (Å²) in [5, 5.41) is 16.6. The molecule has 0 spiro atoms. The number of carboxylic acids is 1. The lowest BCUT2D eigenvalue weighted by Gasteiger charge is -2.14. The molecule has 0 bridgehead atoms. The molecule has 0 saturated heterocycles. The third-order valence-electron chi connectivity index (χ3n) is 2.75. The van der Waals surface area contributed by atoms with E-state index in [4.69, 9.17) is 5.11 Å². The second-order valence-corrected chi connectivity index (χ2v) is 5.54. The molecule has 0 rings (SSSR count). The van der Waals surface area contributed by atoms with Crippen molar-refractivity contribution in [3.05, 3.63) is 0 Å². The van der Waals surface area contributed by atoms with E-state index in [-0.39, 0.29) is 37.4 Å². The SMILES string of the molecule is CC(C)CNC(=O)CCNC(=O)NC(C)CCCC(=O)O. The minimum absolute atomic E-state index is 0.0847. The minimum atomic E-state index is -0.834. The molecule has 0 saturated carbocycles. The molecule has 0 aromatic heterocycles. The molecule has 7 nitrogen and oxygen atoms in total. The van der Waals surface area contributed by atoms with Gasteiger partial charge < -0.3 is 21.1 Å². The lowest BCUT2D eigenvalue weighted by molar-refractivity contribution is -0.137. The van der Waals surface area contributed by atoms with Gasteiger partial charge >= 0.3 is 12.0 Å². The normalized spacial score (nSPS) is 11.8. The van der Waals surface area contributed by atoms with Crippen LogP contribution in [0.5, 0.6) is 0 Å². The molecule has 3 amide bonds. The molecule has 1 atom stereocenters. The second kappa shape index (κ2) is 10.9. The van der Waals surface area contributed by atoms with Gasteiger partial charge in [-0.1, -0.05) is 13.8 Å². The largest absolute Gasteiger partial charge is 0.481 e. The van der Waals surface area contributed by atoms with Gasteiger partial charge in [0, 0.05) is 32.0 Å². The highest BCUT2D eigenvalue weighted by atomic mass is 16.4. The number of carbonyl (C=O) groups is 3. The first-order chi connectivity index (χ1) is 9.81. The van der Waals surface area contributed by atoms with E-state index >= 15 is 0 Å². The van der Waals surface area contributed by atoms with Crippen LogP contribution in [0.1, 0.15) is 46.5 Å². The van der Waals surface area contributed by atoms with Crippen molar-refractivity contribution in [3.63, 3.8) is 0 Å². The number of hydrogen-bond donors (Lipinski definition) is 4. The van der Waals surface area contributed by atoms with Crippen molar-refractivity contribution in [1.29, 1.82) is 0 Å². The summed E-state index contributed by atoms with van der Waals surface area (Å²) in [7, 11) is 0. The van der Waals surface area contributed by atoms with Crippen LogP contribution in [0.3, 0.4) is 0 Å². The minimum Gasteiger partial charge on any atom is -0.481 e. The van der Waals surface area contributed by atoms with E-state index in [1.807, 2.05) is 20.8 Å². The summed E-state index contributed by atoms with van der Waals surface area (Å²) in [6, 6.07) is -0.436. The lowest BCUT2D eigenvalue weighted by Crippen LogP contribution is -2.42. The number of urea groups is 1. The van der Waals surface area contributed by atoms with Crippen LogP contribution in [-0.2, 0) is 9.59 Å². The average molecular weight is 301 g/mol. The number of carboxylic acid groups (broad SMARTS) is 1. The van der Waals surface area contributed by atoms with E-state index in [0.29, 0.717) is 25.3 Å². The highest BCUT2D eigenvalue weighted by Gasteiger charge is 2.08. The van der Waals surface area contributed by atoms with Gasteiger partial charge in [-0.15, -0.1) is 0 Å². The summed E-state index contributed by atoms with van der Waals surface area (Å²) < 4.78 is 0. The first-order valence-electron chi connectivity index (χ1n) is 7.34. The summed E-state index contributed by atoms with van der Waals surface area (Å²) in [6.07, 6.45) is 1.47. The average Bonchev–Trinajstić information content (AvgIpc) is 2.35. The van der Waals surface area contributed by atoms with E-state index < -0.39 is 5.97 Å². The van der Waals surface area contributed by atoms with E-state index in [2.05, 4.69) is 16.0 Å². The number of hydrogen-bond acceptors (Lipinski definition) is 3. The Morgan fingerprint density at radius 1 is 1.05 bits per heavy atom. The standard InChI is InChI=1S/C14H27N3O4/c1-10(2)9-16-12(18)7-8-15-14(21)17-11(3)5-4-6-13(19)20/h10-11H,4-9H2,1-3H3,(H,16,18)(H,19,20)(H2,15,17,21). The number of rotatable bonds is 10. The maximum Gasteiger partial charge on any atom is 0.315 e. The monoisotopic (exact) mass is 301 g/mol. The summed E-state index contributed by atoms with van der Waals surface area (Å²) >= 11 is 0. The molecule has 1 unspecified atom stereocenters. The predicted molar refractivity (Wildman–Crippen MR) is 79.9 cm³/mol. The lowest BCUT2D eigenvalue weighted by atomic mass is 10.1.